The number of carbonyl (C=O) groups excluding carboxylic acids is 2. The summed E-state index contributed by atoms with van der Waals surface area (Å²) in [6, 6.07) is 6.14. The Kier molecular flexibility index (Phi) is 6.75. The normalized spacial score (nSPS) is 18.5. The number of carbonyl (C=O) groups is 2. The van der Waals surface area contributed by atoms with E-state index >= 15 is 0 Å². The molecule has 8 nitrogen and oxygen atoms in total. The lowest BCUT2D eigenvalue weighted by atomic mass is 9.94. The summed E-state index contributed by atoms with van der Waals surface area (Å²) in [5.41, 5.74) is 1.95. The first-order valence-corrected chi connectivity index (χ1v) is 11.3. The Morgan fingerprint density at radius 2 is 2.06 bits per heavy atom. The number of aliphatic imine (C=N–C) groups is 1. The van der Waals surface area contributed by atoms with Gasteiger partial charge in [-0.05, 0) is 30.9 Å². The smallest absolute Gasteiger partial charge is 0.249 e. The first-order valence-electron chi connectivity index (χ1n) is 11.3. The average Bonchev–Trinajstić information content (AvgIpc) is 3.10. The fourth-order valence-electron chi connectivity index (χ4n) is 4.59. The highest BCUT2D eigenvalue weighted by molar-refractivity contribution is 6.06. The Hall–Kier alpha value is -2.61. The van der Waals surface area contributed by atoms with Crippen molar-refractivity contribution in [1.29, 1.82) is 0 Å². The van der Waals surface area contributed by atoms with Crippen LogP contribution in [-0.2, 0) is 16.1 Å². The van der Waals surface area contributed by atoms with E-state index in [0.29, 0.717) is 39.1 Å². The summed E-state index contributed by atoms with van der Waals surface area (Å²) in [5.74, 6) is 1.68. The SMILES string of the molecule is CN(CCO)C(=O)CCCOc1ccc2c(c1)N=C1N(CC(=O)N1C1CCCCC1)C2. The Morgan fingerprint density at radius 1 is 1.26 bits per heavy atom. The van der Waals surface area contributed by atoms with E-state index in [9.17, 15) is 9.59 Å². The highest BCUT2D eigenvalue weighted by Crippen LogP contribution is 2.35. The lowest BCUT2D eigenvalue weighted by Crippen LogP contribution is -2.43. The Morgan fingerprint density at radius 3 is 2.84 bits per heavy atom. The molecule has 0 aromatic heterocycles. The molecule has 0 bridgehead atoms. The van der Waals surface area contributed by atoms with Crippen molar-refractivity contribution in [3.05, 3.63) is 23.8 Å². The number of hydrogen-bond donors (Lipinski definition) is 1. The van der Waals surface area contributed by atoms with Gasteiger partial charge in [0.1, 0.15) is 12.3 Å². The van der Waals surface area contributed by atoms with Gasteiger partial charge in [0.25, 0.3) is 0 Å². The molecule has 2 aliphatic heterocycles. The number of ether oxygens (including phenoxy) is 1. The maximum absolute atomic E-state index is 12.7. The topological polar surface area (TPSA) is 85.7 Å². The molecule has 1 aromatic rings. The number of likely N-dealkylation sites (N-methyl/N-ethyl adjacent to an activating group) is 1. The molecule has 1 saturated carbocycles. The third kappa shape index (κ3) is 4.84. The van der Waals surface area contributed by atoms with Crippen molar-refractivity contribution in [1.82, 2.24) is 14.7 Å². The van der Waals surface area contributed by atoms with Crippen molar-refractivity contribution in [3.8, 4) is 5.75 Å². The molecule has 0 unspecified atom stereocenters. The van der Waals surface area contributed by atoms with E-state index in [1.165, 1.54) is 24.2 Å². The molecular weight excluding hydrogens is 396 g/mol. The minimum absolute atomic E-state index is 0.00304. The summed E-state index contributed by atoms with van der Waals surface area (Å²) in [4.78, 5) is 35.0. The van der Waals surface area contributed by atoms with Gasteiger partial charge in [-0.2, -0.15) is 0 Å². The number of rotatable bonds is 8. The fourth-order valence-corrected chi connectivity index (χ4v) is 4.59. The zero-order chi connectivity index (χ0) is 21.8. The predicted octanol–water partition coefficient (Wildman–Crippen LogP) is 2.27. The predicted molar refractivity (Wildman–Crippen MR) is 117 cm³/mol. The molecule has 1 aliphatic carbocycles. The number of guanidine groups is 1. The molecule has 0 radical (unpaired) electrons. The zero-order valence-electron chi connectivity index (χ0n) is 18.3. The van der Waals surface area contributed by atoms with Gasteiger partial charge in [-0.3, -0.25) is 14.5 Å². The van der Waals surface area contributed by atoms with Crippen molar-refractivity contribution in [2.45, 2.75) is 57.5 Å². The van der Waals surface area contributed by atoms with E-state index in [-0.39, 0.29) is 24.5 Å². The second-order valence-corrected chi connectivity index (χ2v) is 8.60. The van der Waals surface area contributed by atoms with Crippen molar-refractivity contribution in [2.24, 2.45) is 4.99 Å². The Labute approximate surface area is 183 Å². The van der Waals surface area contributed by atoms with Crippen LogP contribution >= 0.6 is 0 Å². The zero-order valence-corrected chi connectivity index (χ0v) is 18.3. The van der Waals surface area contributed by atoms with Crippen LogP contribution in [0.1, 0.15) is 50.5 Å². The quantitative estimate of drug-likeness (QED) is 0.642. The first kappa shape index (κ1) is 21.6. The fraction of sp³-hybridized carbons (Fsp3) is 0.609. The van der Waals surface area contributed by atoms with Crippen LogP contribution in [0.2, 0.25) is 0 Å². The maximum Gasteiger partial charge on any atom is 0.249 e. The second-order valence-electron chi connectivity index (χ2n) is 8.60. The molecule has 0 atom stereocenters. The molecule has 1 aromatic carbocycles. The Bertz CT molecular complexity index is 850. The Balaban J connectivity index is 1.38. The molecule has 3 aliphatic rings. The van der Waals surface area contributed by atoms with Gasteiger partial charge in [0.05, 0.1) is 18.9 Å². The van der Waals surface area contributed by atoms with E-state index < -0.39 is 0 Å². The maximum atomic E-state index is 12.7. The van der Waals surface area contributed by atoms with Crippen molar-refractivity contribution < 1.29 is 19.4 Å². The van der Waals surface area contributed by atoms with Crippen LogP contribution in [0, 0.1) is 0 Å². The third-order valence-electron chi connectivity index (χ3n) is 6.34. The summed E-state index contributed by atoms with van der Waals surface area (Å²) in [6.45, 7) is 1.85. The molecule has 1 N–H and O–H groups in total. The van der Waals surface area contributed by atoms with Gasteiger partial charge in [0.15, 0.2) is 0 Å². The number of hydrogen-bond acceptors (Lipinski definition) is 6. The van der Waals surface area contributed by atoms with Crippen LogP contribution in [0.4, 0.5) is 5.69 Å². The molecule has 168 valence electrons. The first-order chi connectivity index (χ1) is 15.1. The second kappa shape index (κ2) is 9.68. The monoisotopic (exact) mass is 428 g/mol. The molecule has 2 amide bonds. The summed E-state index contributed by atoms with van der Waals surface area (Å²) >= 11 is 0. The van der Waals surface area contributed by atoms with Gasteiger partial charge >= 0.3 is 0 Å². The summed E-state index contributed by atoms with van der Waals surface area (Å²) in [7, 11) is 1.69. The number of benzene rings is 1. The van der Waals surface area contributed by atoms with Crippen LogP contribution in [0.3, 0.4) is 0 Å². The van der Waals surface area contributed by atoms with E-state index in [1.54, 1.807) is 7.05 Å². The van der Waals surface area contributed by atoms with Crippen LogP contribution in [0.15, 0.2) is 23.2 Å². The lowest BCUT2D eigenvalue weighted by molar-refractivity contribution is -0.130. The van der Waals surface area contributed by atoms with E-state index in [1.807, 2.05) is 23.1 Å². The van der Waals surface area contributed by atoms with Crippen LogP contribution in [0.25, 0.3) is 0 Å². The van der Waals surface area contributed by atoms with Gasteiger partial charge in [-0.15, -0.1) is 0 Å². The minimum Gasteiger partial charge on any atom is -0.494 e. The van der Waals surface area contributed by atoms with Gasteiger partial charge in [0.2, 0.25) is 17.8 Å². The number of nitrogens with zero attached hydrogens (tertiary/aromatic N) is 4. The molecule has 0 spiro atoms. The summed E-state index contributed by atoms with van der Waals surface area (Å²) in [5, 5.41) is 8.91. The highest BCUT2D eigenvalue weighted by atomic mass is 16.5. The lowest BCUT2D eigenvalue weighted by Gasteiger charge is -2.33. The third-order valence-corrected chi connectivity index (χ3v) is 6.34. The van der Waals surface area contributed by atoms with Gasteiger partial charge in [-0.1, -0.05) is 25.3 Å². The molecular formula is C23H32N4O4. The molecule has 8 heteroatoms. The molecule has 2 fully saturated rings. The molecule has 31 heavy (non-hydrogen) atoms. The number of aliphatic hydroxyl groups is 1. The van der Waals surface area contributed by atoms with E-state index in [0.717, 1.165) is 35.8 Å². The molecule has 4 rings (SSSR count). The van der Waals surface area contributed by atoms with Crippen molar-refractivity contribution in [2.75, 3.05) is 33.4 Å². The van der Waals surface area contributed by atoms with Crippen LogP contribution in [-0.4, -0.2) is 77.0 Å². The summed E-state index contributed by atoms with van der Waals surface area (Å²) in [6.07, 6.45) is 6.71. The number of amides is 2. The van der Waals surface area contributed by atoms with Gasteiger partial charge in [-0.25, -0.2) is 4.99 Å². The van der Waals surface area contributed by atoms with E-state index in [4.69, 9.17) is 14.8 Å². The van der Waals surface area contributed by atoms with Gasteiger partial charge in [0, 0.05) is 38.7 Å². The summed E-state index contributed by atoms with van der Waals surface area (Å²) < 4.78 is 5.85. The standard InChI is InChI=1S/C23H32N4O4/c1-25(11-12-28)21(29)8-5-13-31-19-10-9-17-15-26-16-22(30)27(18-6-3-2-4-7-18)23(26)24-20(17)14-19/h9-10,14,18,28H,2-8,11-13,15-16H2,1H3. The average molecular weight is 429 g/mol. The highest BCUT2D eigenvalue weighted by Gasteiger charge is 2.40. The minimum atomic E-state index is -0.0302. The molecule has 1 saturated heterocycles. The number of fused-ring (bicyclic) bond motifs is 2. The van der Waals surface area contributed by atoms with Crippen LogP contribution in [0.5, 0.6) is 5.75 Å². The van der Waals surface area contributed by atoms with Crippen molar-refractivity contribution >= 4 is 23.5 Å². The van der Waals surface area contributed by atoms with E-state index in [2.05, 4.69) is 4.90 Å². The largest absolute Gasteiger partial charge is 0.494 e. The molecule has 2 heterocycles. The van der Waals surface area contributed by atoms with Crippen LogP contribution < -0.4 is 4.74 Å². The van der Waals surface area contributed by atoms with Crippen molar-refractivity contribution in [3.63, 3.8) is 0 Å². The number of aliphatic hydroxyl groups excluding tert-OH is 1. The van der Waals surface area contributed by atoms with Gasteiger partial charge < -0.3 is 19.6 Å².